The van der Waals surface area contributed by atoms with Crippen molar-refractivity contribution in [2.45, 2.75) is 19.9 Å². The number of phenolic OH excluding ortho intramolecular Hbond substituents is 1. The van der Waals surface area contributed by atoms with E-state index in [1.54, 1.807) is 12.1 Å². The van der Waals surface area contributed by atoms with Gasteiger partial charge in [0.15, 0.2) is 28.1 Å². The molecule has 4 aromatic rings. The fourth-order valence-electron chi connectivity index (χ4n) is 4.26. The topological polar surface area (TPSA) is 113 Å². The second kappa shape index (κ2) is 8.54. The number of methoxy groups -OCH3 is 1. The number of hydrogen-bond donors (Lipinski definition) is 2. The van der Waals surface area contributed by atoms with Gasteiger partial charge in [-0.05, 0) is 76.8 Å². The van der Waals surface area contributed by atoms with Crippen molar-refractivity contribution in [1.29, 1.82) is 0 Å². The zero-order valence-corrected chi connectivity index (χ0v) is 21.2. The molecule has 0 radical (unpaired) electrons. The molecule has 2 N–H and O–H groups in total. The number of halogens is 1. The number of Topliss-reactive ketones (excluding diaryl/α,β-unsaturated/α-hetero) is 1. The molecule has 0 bridgehead atoms. The van der Waals surface area contributed by atoms with Crippen molar-refractivity contribution >= 4 is 54.3 Å². The first-order chi connectivity index (χ1) is 16.7. The van der Waals surface area contributed by atoms with Gasteiger partial charge < -0.3 is 19.4 Å². The van der Waals surface area contributed by atoms with Crippen molar-refractivity contribution in [1.82, 2.24) is 4.98 Å². The van der Waals surface area contributed by atoms with Crippen LogP contribution in [0.1, 0.15) is 33.3 Å². The summed E-state index contributed by atoms with van der Waals surface area (Å²) in [5, 5.41) is 21.6. The number of aromatic nitrogens is 1. The molecule has 10 heteroatoms. The second-order valence-corrected chi connectivity index (χ2v) is 9.99. The normalized spacial score (nSPS) is 15.9. The minimum Gasteiger partial charge on any atom is -0.503 e. The quantitative estimate of drug-likeness (QED) is 0.301. The van der Waals surface area contributed by atoms with Gasteiger partial charge in [-0.25, -0.2) is 4.98 Å². The van der Waals surface area contributed by atoms with E-state index in [0.29, 0.717) is 15.2 Å². The summed E-state index contributed by atoms with van der Waals surface area (Å²) in [6, 6.07) is 9.02. The summed E-state index contributed by atoms with van der Waals surface area (Å²) in [6.07, 6.45) is 1.34. The molecule has 0 saturated heterocycles. The van der Waals surface area contributed by atoms with Gasteiger partial charge in [-0.15, -0.1) is 0 Å². The van der Waals surface area contributed by atoms with Crippen LogP contribution >= 0.6 is 27.3 Å². The van der Waals surface area contributed by atoms with Crippen LogP contribution < -0.4 is 9.64 Å². The third-order valence-electron chi connectivity index (χ3n) is 5.81. The first kappa shape index (κ1) is 23.1. The third-order valence-corrected chi connectivity index (χ3v) is 7.41. The minimum atomic E-state index is -1.05. The Labute approximate surface area is 212 Å². The molecule has 1 aliphatic rings. The molecule has 5 rings (SSSR count). The Kier molecular flexibility index (Phi) is 5.65. The van der Waals surface area contributed by atoms with Crippen LogP contribution in [-0.2, 0) is 4.79 Å². The van der Waals surface area contributed by atoms with Gasteiger partial charge in [-0.2, -0.15) is 0 Å². The lowest BCUT2D eigenvalue weighted by Crippen LogP contribution is -2.31. The van der Waals surface area contributed by atoms with Crippen molar-refractivity contribution in [2.24, 2.45) is 0 Å². The number of furan rings is 1. The summed E-state index contributed by atoms with van der Waals surface area (Å²) in [6.45, 7) is 3.91. The molecular formula is C25H19BrN2O6S. The van der Waals surface area contributed by atoms with E-state index in [1.807, 2.05) is 26.0 Å². The predicted molar refractivity (Wildman–Crippen MR) is 134 cm³/mol. The van der Waals surface area contributed by atoms with Crippen LogP contribution in [0.2, 0.25) is 0 Å². The van der Waals surface area contributed by atoms with E-state index in [1.165, 1.54) is 41.7 Å². The number of ketones is 1. The number of nitrogens with zero attached hydrogens (tertiary/aromatic N) is 2. The molecular weight excluding hydrogens is 536 g/mol. The molecule has 0 aliphatic carbocycles. The van der Waals surface area contributed by atoms with E-state index in [2.05, 4.69) is 15.9 Å². The number of aliphatic hydroxyl groups excluding tert-OH is 1. The van der Waals surface area contributed by atoms with E-state index in [4.69, 9.17) is 14.1 Å². The SMILES string of the molecule is COc1cc(C2C(C(=O)c3ccco3)=C(O)C(=O)N2c2nc3c(C)cc(C)cc3s2)cc(Br)c1O. The van der Waals surface area contributed by atoms with Gasteiger partial charge >= 0.3 is 0 Å². The Hall–Kier alpha value is -3.63. The number of aromatic hydroxyl groups is 1. The lowest BCUT2D eigenvalue weighted by Gasteiger charge is -2.25. The summed E-state index contributed by atoms with van der Waals surface area (Å²) in [5.74, 6) is -2.11. The van der Waals surface area contributed by atoms with Crippen LogP contribution in [-0.4, -0.2) is 34.0 Å². The highest BCUT2D eigenvalue weighted by molar-refractivity contribution is 9.10. The zero-order valence-electron chi connectivity index (χ0n) is 18.8. The molecule has 1 unspecified atom stereocenters. The smallest absolute Gasteiger partial charge is 0.296 e. The van der Waals surface area contributed by atoms with E-state index in [9.17, 15) is 19.8 Å². The second-order valence-electron chi connectivity index (χ2n) is 8.12. The number of thiazole rings is 1. The molecule has 178 valence electrons. The van der Waals surface area contributed by atoms with E-state index < -0.39 is 23.5 Å². The lowest BCUT2D eigenvalue weighted by atomic mass is 9.95. The molecule has 1 amide bonds. The largest absolute Gasteiger partial charge is 0.503 e. The van der Waals surface area contributed by atoms with Gasteiger partial charge in [0, 0.05) is 0 Å². The van der Waals surface area contributed by atoms with Gasteiger partial charge in [0.25, 0.3) is 5.91 Å². The van der Waals surface area contributed by atoms with Crippen molar-refractivity contribution in [3.63, 3.8) is 0 Å². The maximum absolute atomic E-state index is 13.4. The average Bonchev–Trinajstić information content (AvgIpc) is 3.54. The summed E-state index contributed by atoms with van der Waals surface area (Å²) >= 11 is 4.59. The van der Waals surface area contributed by atoms with Gasteiger partial charge in [-0.3, -0.25) is 14.5 Å². The van der Waals surface area contributed by atoms with Crippen molar-refractivity contribution in [3.05, 3.63) is 80.9 Å². The van der Waals surface area contributed by atoms with Crippen LogP contribution in [0.25, 0.3) is 10.2 Å². The van der Waals surface area contributed by atoms with Crippen LogP contribution in [0.5, 0.6) is 11.5 Å². The van der Waals surface area contributed by atoms with Crippen molar-refractivity contribution in [2.75, 3.05) is 12.0 Å². The Morgan fingerprint density at radius 3 is 2.69 bits per heavy atom. The molecule has 0 spiro atoms. The van der Waals surface area contributed by atoms with Crippen LogP contribution in [0.3, 0.4) is 0 Å². The Balaban J connectivity index is 1.74. The number of fused-ring (bicyclic) bond motifs is 1. The third kappa shape index (κ3) is 3.69. The highest BCUT2D eigenvalue weighted by Crippen LogP contribution is 2.47. The first-order valence-corrected chi connectivity index (χ1v) is 12.1. The maximum Gasteiger partial charge on any atom is 0.296 e. The number of hydrogen-bond acceptors (Lipinski definition) is 8. The summed E-state index contributed by atoms with van der Waals surface area (Å²) in [5.41, 5.74) is 3.00. The highest BCUT2D eigenvalue weighted by Gasteiger charge is 2.47. The van der Waals surface area contributed by atoms with Crippen molar-refractivity contribution in [3.8, 4) is 11.5 Å². The number of benzene rings is 2. The van der Waals surface area contributed by atoms with Gasteiger partial charge in [-0.1, -0.05) is 17.4 Å². The predicted octanol–water partition coefficient (Wildman–Crippen LogP) is 5.77. The van der Waals surface area contributed by atoms with Crippen molar-refractivity contribution < 1.29 is 29.0 Å². The minimum absolute atomic E-state index is 0.0215. The molecule has 3 heterocycles. The number of rotatable bonds is 5. The molecule has 8 nitrogen and oxygen atoms in total. The molecule has 1 atom stereocenters. The molecule has 2 aromatic heterocycles. The zero-order chi connectivity index (χ0) is 25.0. The fourth-order valence-corrected chi connectivity index (χ4v) is 5.89. The Morgan fingerprint density at radius 1 is 1.23 bits per heavy atom. The van der Waals surface area contributed by atoms with Crippen LogP contribution in [0, 0.1) is 13.8 Å². The van der Waals surface area contributed by atoms with Crippen LogP contribution in [0.4, 0.5) is 5.13 Å². The van der Waals surface area contributed by atoms with E-state index >= 15 is 0 Å². The first-order valence-electron chi connectivity index (χ1n) is 10.5. The van der Waals surface area contributed by atoms with Gasteiger partial charge in [0.2, 0.25) is 5.78 Å². The van der Waals surface area contributed by atoms with Gasteiger partial charge in [0.1, 0.15) is 0 Å². The maximum atomic E-state index is 13.4. The van der Waals surface area contributed by atoms with Crippen LogP contribution in [0.15, 0.2) is 62.9 Å². The molecule has 0 saturated carbocycles. The number of aliphatic hydroxyl groups is 1. The Morgan fingerprint density at radius 2 is 2.00 bits per heavy atom. The number of carbonyl (C=O) groups excluding carboxylic acids is 2. The molecule has 35 heavy (non-hydrogen) atoms. The summed E-state index contributed by atoms with van der Waals surface area (Å²) in [4.78, 5) is 32.8. The number of phenols is 1. The molecule has 1 aliphatic heterocycles. The molecule has 0 fully saturated rings. The number of carbonyl (C=O) groups is 2. The van der Waals surface area contributed by atoms with E-state index in [-0.39, 0.29) is 22.8 Å². The summed E-state index contributed by atoms with van der Waals surface area (Å²) in [7, 11) is 1.39. The monoisotopic (exact) mass is 554 g/mol. The lowest BCUT2D eigenvalue weighted by molar-refractivity contribution is -0.117. The number of ether oxygens (including phenoxy) is 1. The average molecular weight is 555 g/mol. The van der Waals surface area contributed by atoms with Gasteiger partial charge in [0.05, 0.1) is 39.7 Å². The van der Waals surface area contributed by atoms with E-state index in [0.717, 1.165) is 21.3 Å². The number of amides is 1. The highest BCUT2D eigenvalue weighted by atomic mass is 79.9. The standard InChI is InChI=1S/C25H19BrN2O6S/c1-11-7-12(2)19-17(8-11)35-25(27-19)28-20(13-9-14(26)21(29)16(10-13)33-3)18(23(31)24(28)32)22(30)15-5-4-6-34-15/h4-10,20,29,31H,1-3H3. The molecule has 2 aromatic carbocycles. The Bertz CT molecular complexity index is 1540. The fraction of sp³-hybridized carbons (Fsp3) is 0.160. The number of anilines is 1. The summed E-state index contributed by atoms with van der Waals surface area (Å²) < 4.78 is 11.7. The number of aryl methyl sites for hydroxylation is 2.